The molecule has 0 radical (unpaired) electrons. The summed E-state index contributed by atoms with van der Waals surface area (Å²) in [5.74, 6) is 1.83. The summed E-state index contributed by atoms with van der Waals surface area (Å²) in [5, 5.41) is 6.78. The molecule has 0 bridgehead atoms. The minimum absolute atomic E-state index is 0.751. The quantitative estimate of drug-likeness (QED) is 0.374. The van der Waals surface area contributed by atoms with Gasteiger partial charge in [-0.1, -0.05) is 30.3 Å². The monoisotopic (exact) mass is 343 g/mol. The fraction of sp³-hybridized carbons (Fsp3) is 0.450. The van der Waals surface area contributed by atoms with E-state index in [1.54, 1.807) is 6.26 Å². The molecule has 0 fully saturated rings. The number of hydrogen-bond donors (Lipinski definition) is 2. The number of aliphatic imine (C=N–C) groups is 1. The van der Waals surface area contributed by atoms with Gasteiger partial charge < -0.3 is 19.8 Å². The lowest BCUT2D eigenvalue weighted by molar-refractivity contribution is 0.146. The predicted molar refractivity (Wildman–Crippen MR) is 102 cm³/mol. The molecule has 5 heteroatoms. The van der Waals surface area contributed by atoms with E-state index in [1.165, 1.54) is 5.56 Å². The van der Waals surface area contributed by atoms with E-state index in [9.17, 15) is 0 Å². The second-order valence-corrected chi connectivity index (χ2v) is 5.70. The summed E-state index contributed by atoms with van der Waals surface area (Å²) >= 11 is 0. The molecule has 1 heterocycles. The third-order valence-electron chi connectivity index (χ3n) is 3.71. The molecular formula is C20H29N3O2. The van der Waals surface area contributed by atoms with Crippen molar-refractivity contribution in [1.29, 1.82) is 0 Å². The Bertz CT molecular complexity index is 582. The molecule has 0 spiro atoms. The zero-order chi connectivity index (χ0) is 17.6. The maximum atomic E-state index is 5.36. The number of benzene rings is 1. The first-order chi connectivity index (χ1) is 12.4. The van der Waals surface area contributed by atoms with Crippen LogP contribution < -0.4 is 10.6 Å². The Kier molecular flexibility index (Phi) is 9.26. The summed E-state index contributed by atoms with van der Waals surface area (Å²) in [7, 11) is 0. The Morgan fingerprint density at radius 1 is 1.04 bits per heavy atom. The van der Waals surface area contributed by atoms with Gasteiger partial charge in [-0.05, 0) is 37.5 Å². The van der Waals surface area contributed by atoms with Crippen molar-refractivity contribution in [3.63, 3.8) is 0 Å². The number of nitrogens with zero attached hydrogens (tertiary/aromatic N) is 1. The lowest BCUT2D eigenvalue weighted by Crippen LogP contribution is -2.39. The van der Waals surface area contributed by atoms with Crippen LogP contribution in [0.4, 0.5) is 0 Å². The summed E-state index contributed by atoms with van der Waals surface area (Å²) in [4.78, 5) is 4.63. The van der Waals surface area contributed by atoms with Crippen molar-refractivity contribution < 1.29 is 9.15 Å². The SMILES string of the molecule is CCOCCCN=C(NCCc1ccccc1)NCCc1ccco1. The van der Waals surface area contributed by atoms with Gasteiger partial charge in [0.25, 0.3) is 0 Å². The van der Waals surface area contributed by atoms with Crippen molar-refractivity contribution in [2.45, 2.75) is 26.2 Å². The highest BCUT2D eigenvalue weighted by Gasteiger charge is 2.01. The van der Waals surface area contributed by atoms with E-state index in [2.05, 4.69) is 39.9 Å². The Hall–Kier alpha value is -2.27. The largest absolute Gasteiger partial charge is 0.469 e. The number of nitrogens with one attached hydrogen (secondary N) is 2. The van der Waals surface area contributed by atoms with Gasteiger partial charge in [0.15, 0.2) is 5.96 Å². The number of ether oxygens (including phenoxy) is 1. The van der Waals surface area contributed by atoms with Crippen LogP contribution in [0.15, 0.2) is 58.1 Å². The molecule has 0 unspecified atom stereocenters. The van der Waals surface area contributed by atoms with Crippen molar-refractivity contribution in [2.75, 3.05) is 32.8 Å². The van der Waals surface area contributed by atoms with E-state index < -0.39 is 0 Å². The van der Waals surface area contributed by atoms with E-state index in [-0.39, 0.29) is 0 Å². The Morgan fingerprint density at radius 3 is 2.56 bits per heavy atom. The van der Waals surface area contributed by atoms with Crippen LogP contribution in [0.1, 0.15) is 24.7 Å². The minimum Gasteiger partial charge on any atom is -0.469 e. The fourth-order valence-corrected chi connectivity index (χ4v) is 2.40. The number of hydrogen-bond acceptors (Lipinski definition) is 3. The molecule has 25 heavy (non-hydrogen) atoms. The zero-order valence-electron chi connectivity index (χ0n) is 15.0. The number of furan rings is 1. The minimum atomic E-state index is 0.751. The van der Waals surface area contributed by atoms with Crippen LogP contribution in [-0.2, 0) is 17.6 Å². The number of guanidine groups is 1. The van der Waals surface area contributed by atoms with Gasteiger partial charge in [-0.25, -0.2) is 0 Å². The molecule has 0 aliphatic heterocycles. The maximum absolute atomic E-state index is 5.36. The van der Waals surface area contributed by atoms with Crippen LogP contribution in [0, 0.1) is 0 Å². The van der Waals surface area contributed by atoms with Gasteiger partial charge in [-0.3, -0.25) is 4.99 Å². The van der Waals surface area contributed by atoms with E-state index in [1.807, 2.05) is 25.1 Å². The molecule has 0 atom stereocenters. The van der Waals surface area contributed by atoms with Crippen LogP contribution in [0.25, 0.3) is 0 Å². The first-order valence-electron chi connectivity index (χ1n) is 9.04. The Labute approximate surface area is 150 Å². The van der Waals surface area contributed by atoms with E-state index in [4.69, 9.17) is 9.15 Å². The second-order valence-electron chi connectivity index (χ2n) is 5.70. The molecule has 136 valence electrons. The van der Waals surface area contributed by atoms with Crippen LogP contribution in [0.3, 0.4) is 0 Å². The van der Waals surface area contributed by atoms with Gasteiger partial charge in [0, 0.05) is 39.3 Å². The first-order valence-corrected chi connectivity index (χ1v) is 9.04. The highest BCUT2D eigenvalue weighted by atomic mass is 16.5. The average Bonchev–Trinajstić information content (AvgIpc) is 3.15. The third-order valence-corrected chi connectivity index (χ3v) is 3.71. The van der Waals surface area contributed by atoms with Gasteiger partial charge in [-0.15, -0.1) is 0 Å². The van der Waals surface area contributed by atoms with Gasteiger partial charge in [0.2, 0.25) is 0 Å². The zero-order valence-corrected chi connectivity index (χ0v) is 15.0. The second kappa shape index (κ2) is 12.1. The van der Waals surface area contributed by atoms with Crippen molar-refractivity contribution >= 4 is 5.96 Å². The summed E-state index contributed by atoms with van der Waals surface area (Å²) < 4.78 is 10.7. The molecule has 0 aliphatic rings. The van der Waals surface area contributed by atoms with Gasteiger partial charge in [-0.2, -0.15) is 0 Å². The van der Waals surface area contributed by atoms with Gasteiger partial charge in [0.05, 0.1) is 6.26 Å². The van der Waals surface area contributed by atoms with E-state index >= 15 is 0 Å². The average molecular weight is 343 g/mol. The van der Waals surface area contributed by atoms with Crippen LogP contribution in [0.2, 0.25) is 0 Å². The van der Waals surface area contributed by atoms with Crippen molar-refractivity contribution in [3.05, 3.63) is 60.1 Å². The molecule has 2 rings (SSSR count). The standard InChI is InChI=1S/C20H29N3O2/c1-2-24-16-7-13-21-20(23-15-12-19-10-6-17-25-19)22-14-11-18-8-4-3-5-9-18/h3-6,8-10,17H,2,7,11-16H2,1H3,(H2,21,22,23). The summed E-state index contributed by atoms with van der Waals surface area (Å²) in [6, 6.07) is 14.4. The van der Waals surface area contributed by atoms with Crippen LogP contribution >= 0.6 is 0 Å². The van der Waals surface area contributed by atoms with Gasteiger partial charge >= 0.3 is 0 Å². The molecule has 2 aromatic rings. The molecule has 0 saturated carbocycles. The Morgan fingerprint density at radius 2 is 1.84 bits per heavy atom. The summed E-state index contributed by atoms with van der Waals surface area (Å²) in [6.07, 6.45) is 4.44. The lowest BCUT2D eigenvalue weighted by Gasteiger charge is -2.12. The lowest BCUT2D eigenvalue weighted by atomic mass is 10.1. The molecule has 1 aromatic heterocycles. The highest BCUT2D eigenvalue weighted by Crippen LogP contribution is 2.00. The fourth-order valence-electron chi connectivity index (χ4n) is 2.40. The van der Waals surface area contributed by atoms with Crippen molar-refractivity contribution in [2.24, 2.45) is 4.99 Å². The molecule has 1 aromatic carbocycles. The first kappa shape index (κ1) is 19.1. The molecule has 0 aliphatic carbocycles. The molecule has 0 amide bonds. The van der Waals surface area contributed by atoms with Crippen LogP contribution in [-0.4, -0.2) is 38.8 Å². The third kappa shape index (κ3) is 8.40. The van der Waals surface area contributed by atoms with Crippen molar-refractivity contribution in [1.82, 2.24) is 10.6 Å². The van der Waals surface area contributed by atoms with Gasteiger partial charge in [0.1, 0.15) is 5.76 Å². The molecule has 2 N–H and O–H groups in total. The predicted octanol–water partition coefficient (Wildman–Crippen LogP) is 3.03. The molecular weight excluding hydrogens is 314 g/mol. The van der Waals surface area contributed by atoms with E-state index in [0.29, 0.717) is 0 Å². The van der Waals surface area contributed by atoms with Crippen molar-refractivity contribution in [3.8, 4) is 0 Å². The maximum Gasteiger partial charge on any atom is 0.191 e. The smallest absolute Gasteiger partial charge is 0.191 e. The summed E-state index contributed by atoms with van der Waals surface area (Å²) in [6.45, 7) is 5.91. The molecule has 0 saturated heterocycles. The summed E-state index contributed by atoms with van der Waals surface area (Å²) in [5.41, 5.74) is 1.32. The number of rotatable bonds is 11. The normalized spacial score (nSPS) is 11.5. The Balaban J connectivity index is 1.74. The van der Waals surface area contributed by atoms with Crippen LogP contribution in [0.5, 0.6) is 0 Å². The van der Waals surface area contributed by atoms with E-state index in [0.717, 1.165) is 63.8 Å². The topological polar surface area (TPSA) is 58.8 Å². The molecule has 5 nitrogen and oxygen atoms in total. The highest BCUT2D eigenvalue weighted by molar-refractivity contribution is 5.79.